The summed E-state index contributed by atoms with van der Waals surface area (Å²) < 4.78 is 11.6. The van der Waals surface area contributed by atoms with Crippen LogP contribution in [0.2, 0.25) is 5.02 Å². The van der Waals surface area contributed by atoms with Gasteiger partial charge in [0.1, 0.15) is 6.61 Å². The van der Waals surface area contributed by atoms with Gasteiger partial charge in [0.25, 0.3) is 0 Å². The first kappa shape index (κ1) is 24.3. The van der Waals surface area contributed by atoms with Gasteiger partial charge in [-0.05, 0) is 47.0 Å². The molecule has 1 aromatic heterocycles. The molecule has 0 unspecified atom stereocenters. The zero-order valence-corrected chi connectivity index (χ0v) is 20.3. The molecule has 0 aliphatic heterocycles. The molecule has 0 atom stereocenters. The van der Waals surface area contributed by atoms with Crippen molar-refractivity contribution in [2.45, 2.75) is 26.1 Å². The maximum Gasteiger partial charge on any atom is 0.229 e. The Balaban J connectivity index is 1.53. The lowest BCUT2D eigenvalue weighted by Crippen LogP contribution is -2.31. The fourth-order valence-electron chi connectivity index (χ4n) is 3.72. The number of amides is 1. The van der Waals surface area contributed by atoms with Crippen LogP contribution in [0.25, 0.3) is 0 Å². The van der Waals surface area contributed by atoms with Gasteiger partial charge < -0.3 is 14.4 Å². The summed E-state index contributed by atoms with van der Waals surface area (Å²) in [4.78, 5) is 19.4. The largest absolute Gasteiger partial charge is 0.493 e. The highest BCUT2D eigenvalue weighted by atomic mass is 35.5. The first-order valence-electron chi connectivity index (χ1n) is 11.4. The number of rotatable bonds is 10. The molecule has 0 aliphatic rings. The third-order valence-corrected chi connectivity index (χ3v) is 5.94. The minimum absolute atomic E-state index is 0.0352. The van der Waals surface area contributed by atoms with Crippen LogP contribution in [-0.4, -0.2) is 22.9 Å². The van der Waals surface area contributed by atoms with Crippen molar-refractivity contribution in [3.63, 3.8) is 0 Å². The van der Waals surface area contributed by atoms with Gasteiger partial charge in [0.2, 0.25) is 5.91 Å². The lowest BCUT2D eigenvalue weighted by molar-refractivity contribution is -0.131. The maximum atomic E-state index is 13.3. The summed E-state index contributed by atoms with van der Waals surface area (Å²) in [6.07, 6.45) is 1.90. The highest BCUT2D eigenvalue weighted by Gasteiger charge is 2.18. The molecule has 6 heteroatoms. The van der Waals surface area contributed by atoms with Crippen molar-refractivity contribution in [3.8, 4) is 11.5 Å². The van der Waals surface area contributed by atoms with Crippen molar-refractivity contribution in [2.24, 2.45) is 0 Å². The number of benzene rings is 3. The average Bonchev–Trinajstić information content (AvgIpc) is 2.89. The van der Waals surface area contributed by atoms with Crippen molar-refractivity contribution < 1.29 is 14.3 Å². The minimum atomic E-state index is -0.0352. The summed E-state index contributed by atoms with van der Waals surface area (Å²) in [5.41, 5.74) is 3.61. The van der Waals surface area contributed by atoms with Crippen LogP contribution < -0.4 is 9.47 Å². The van der Waals surface area contributed by atoms with E-state index in [0.29, 0.717) is 36.2 Å². The summed E-state index contributed by atoms with van der Waals surface area (Å²) in [6, 6.07) is 28.9. The molecule has 0 fully saturated rings. The molecule has 0 spiro atoms. The number of carbonyl (C=O) groups is 1. The highest BCUT2D eigenvalue weighted by molar-refractivity contribution is 6.31. The predicted octanol–water partition coefficient (Wildman–Crippen LogP) is 6.09. The molecule has 4 aromatic rings. The van der Waals surface area contributed by atoms with Crippen LogP contribution >= 0.6 is 11.6 Å². The van der Waals surface area contributed by atoms with Crippen LogP contribution in [0.4, 0.5) is 0 Å². The van der Waals surface area contributed by atoms with Gasteiger partial charge in [0, 0.05) is 30.0 Å². The Morgan fingerprint density at radius 2 is 1.63 bits per heavy atom. The number of halogens is 1. The number of hydrogen-bond acceptors (Lipinski definition) is 4. The summed E-state index contributed by atoms with van der Waals surface area (Å²) >= 11 is 6.40. The maximum absolute atomic E-state index is 13.3. The van der Waals surface area contributed by atoms with E-state index in [1.807, 2.05) is 91.0 Å². The monoisotopic (exact) mass is 486 g/mol. The predicted molar refractivity (Wildman–Crippen MR) is 137 cm³/mol. The Hall–Kier alpha value is -3.83. The fourth-order valence-corrected chi connectivity index (χ4v) is 3.91. The molecule has 178 valence electrons. The van der Waals surface area contributed by atoms with Crippen molar-refractivity contribution in [1.82, 2.24) is 9.88 Å². The van der Waals surface area contributed by atoms with Gasteiger partial charge in [0.15, 0.2) is 11.5 Å². The first-order valence-corrected chi connectivity index (χ1v) is 11.7. The molecule has 1 heterocycles. The van der Waals surface area contributed by atoms with Crippen LogP contribution in [0.15, 0.2) is 97.2 Å². The van der Waals surface area contributed by atoms with Gasteiger partial charge in [-0.2, -0.15) is 0 Å². The van der Waals surface area contributed by atoms with Crippen LogP contribution in [-0.2, 0) is 30.9 Å². The molecular formula is C29H27ClN2O3. The highest BCUT2D eigenvalue weighted by Crippen LogP contribution is 2.30. The van der Waals surface area contributed by atoms with E-state index >= 15 is 0 Å². The zero-order valence-electron chi connectivity index (χ0n) is 19.6. The Morgan fingerprint density at radius 1 is 0.857 bits per heavy atom. The van der Waals surface area contributed by atoms with E-state index in [1.54, 1.807) is 18.2 Å². The fraction of sp³-hybridized carbons (Fsp3) is 0.172. The molecule has 4 rings (SSSR count). The molecule has 0 saturated heterocycles. The molecule has 0 bridgehead atoms. The summed E-state index contributed by atoms with van der Waals surface area (Å²) in [5.74, 6) is 1.23. The molecule has 0 radical (unpaired) electrons. The van der Waals surface area contributed by atoms with Crippen LogP contribution in [0.5, 0.6) is 11.5 Å². The standard InChI is InChI=1S/C29H27ClN2O3/c1-34-28-17-23(14-15-27(28)35-21-22-9-3-2-4-10-22)19-32(20-24-11-5-6-13-26(24)30)29(33)18-25-12-7-8-16-31-25/h2-17H,18-21H2,1H3. The van der Waals surface area contributed by atoms with Gasteiger partial charge in [-0.1, -0.05) is 72.3 Å². The quantitative estimate of drug-likeness (QED) is 0.272. The number of hydrogen-bond donors (Lipinski definition) is 0. The minimum Gasteiger partial charge on any atom is -0.493 e. The number of pyridine rings is 1. The average molecular weight is 487 g/mol. The number of aromatic nitrogens is 1. The molecular weight excluding hydrogens is 460 g/mol. The third kappa shape index (κ3) is 6.84. The second-order valence-electron chi connectivity index (χ2n) is 8.10. The smallest absolute Gasteiger partial charge is 0.229 e. The van der Waals surface area contributed by atoms with Gasteiger partial charge in [-0.25, -0.2) is 0 Å². The molecule has 0 aliphatic carbocycles. The zero-order chi connectivity index (χ0) is 24.5. The Morgan fingerprint density at radius 3 is 2.37 bits per heavy atom. The van der Waals surface area contributed by atoms with E-state index in [1.165, 1.54) is 0 Å². The van der Waals surface area contributed by atoms with Crippen molar-refractivity contribution in [2.75, 3.05) is 7.11 Å². The summed E-state index contributed by atoms with van der Waals surface area (Å²) in [7, 11) is 1.61. The van der Waals surface area contributed by atoms with E-state index in [2.05, 4.69) is 4.98 Å². The SMILES string of the molecule is COc1cc(CN(Cc2ccccc2Cl)C(=O)Cc2ccccn2)ccc1OCc1ccccc1. The van der Waals surface area contributed by atoms with E-state index < -0.39 is 0 Å². The van der Waals surface area contributed by atoms with Crippen LogP contribution in [0.3, 0.4) is 0 Å². The van der Waals surface area contributed by atoms with Gasteiger partial charge in [-0.3, -0.25) is 9.78 Å². The van der Waals surface area contributed by atoms with Crippen molar-refractivity contribution in [3.05, 3.63) is 125 Å². The van der Waals surface area contributed by atoms with Crippen molar-refractivity contribution in [1.29, 1.82) is 0 Å². The molecule has 0 saturated carbocycles. The van der Waals surface area contributed by atoms with E-state index in [0.717, 1.165) is 22.4 Å². The Labute approximate surface area is 210 Å². The Bertz CT molecular complexity index is 1250. The molecule has 0 N–H and O–H groups in total. The van der Waals surface area contributed by atoms with Crippen LogP contribution in [0.1, 0.15) is 22.4 Å². The van der Waals surface area contributed by atoms with E-state index in [9.17, 15) is 4.79 Å². The summed E-state index contributed by atoms with van der Waals surface area (Å²) in [6.45, 7) is 1.23. The number of nitrogens with zero attached hydrogens (tertiary/aromatic N) is 2. The lowest BCUT2D eigenvalue weighted by Gasteiger charge is -2.24. The van der Waals surface area contributed by atoms with Crippen molar-refractivity contribution >= 4 is 17.5 Å². The lowest BCUT2D eigenvalue weighted by atomic mass is 10.1. The second kappa shape index (κ2) is 12.0. The number of carbonyl (C=O) groups excluding carboxylic acids is 1. The third-order valence-electron chi connectivity index (χ3n) is 5.57. The summed E-state index contributed by atoms with van der Waals surface area (Å²) in [5, 5.41) is 0.630. The van der Waals surface area contributed by atoms with E-state index in [-0.39, 0.29) is 12.3 Å². The molecule has 1 amide bonds. The molecule has 3 aromatic carbocycles. The number of ether oxygens (including phenoxy) is 2. The van der Waals surface area contributed by atoms with Gasteiger partial charge in [0.05, 0.1) is 13.5 Å². The van der Waals surface area contributed by atoms with E-state index in [4.69, 9.17) is 21.1 Å². The van der Waals surface area contributed by atoms with Gasteiger partial charge >= 0.3 is 0 Å². The Kier molecular flexibility index (Phi) is 8.36. The molecule has 35 heavy (non-hydrogen) atoms. The topological polar surface area (TPSA) is 51.7 Å². The molecule has 5 nitrogen and oxygen atoms in total. The normalized spacial score (nSPS) is 10.6. The van der Waals surface area contributed by atoms with Crippen LogP contribution in [0, 0.1) is 0 Å². The first-order chi connectivity index (χ1) is 17.1. The van der Waals surface area contributed by atoms with Gasteiger partial charge in [-0.15, -0.1) is 0 Å². The number of methoxy groups -OCH3 is 1. The second-order valence-corrected chi connectivity index (χ2v) is 8.51.